The van der Waals surface area contributed by atoms with Gasteiger partial charge in [0.15, 0.2) is 5.82 Å². The molecule has 0 radical (unpaired) electrons. The quantitative estimate of drug-likeness (QED) is 0.117. The molecule has 1 unspecified atom stereocenters. The second-order valence-corrected chi connectivity index (χ2v) is 18.2. The number of benzene rings is 4. The molecule has 4 aromatic carbocycles. The molecule has 5 aliphatic rings. The number of H-pyrrole nitrogens is 1. The van der Waals surface area contributed by atoms with Gasteiger partial charge in [-0.1, -0.05) is 6.07 Å². The third-order valence-corrected chi connectivity index (χ3v) is 13.9. The zero-order chi connectivity index (χ0) is 45.5. The Kier molecular flexibility index (Phi) is 12.2. The van der Waals surface area contributed by atoms with Crippen LogP contribution in [0, 0.1) is 17.5 Å². The van der Waals surface area contributed by atoms with E-state index in [1.807, 2.05) is 30.3 Å². The number of piperidine rings is 2. The molecule has 5 aliphatic heterocycles. The number of hydrogen-bond donors (Lipinski definition) is 4. The number of halogens is 3. The first kappa shape index (κ1) is 43.6. The summed E-state index contributed by atoms with van der Waals surface area (Å²) in [6.07, 6.45) is 4.28. The highest BCUT2D eigenvalue weighted by Crippen LogP contribution is 2.33. The van der Waals surface area contributed by atoms with E-state index < -0.39 is 29.4 Å². The van der Waals surface area contributed by atoms with Crippen molar-refractivity contribution in [3.05, 3.63) is 118 Å². The van der Waals surface area contributed by atoms with Crippen molar-refractivity contribution in [2.24, 2.45) is 0 Å². The summed E-state index contributed by atoms with van der Waals surface area (Å²) in [4.78, 5) is 60.0. The molecule has 6 heterocycles. The first-order valence-electron chi connectivity index (χ1n) is 22.9. The number of rotatable bonds is 11. The number of nitrogens with zero attached hydrogens (tertiary/aromatic N) is 5. The van der Waals surface area contributed by atoms with Gasteiger partial charge in [-0.2, -0.15) is 5.10 Å². The predicted molar refractivity (Wildman–Crippen MR) is 242 cm³/mol. The third-order valence-electron chi connectivity index (χ3n) is 13.9. The highest BCUT2D eigenvalue weighted by Gasteiger charge is 2.40. The van der Waals surface area contributed by atoms with Gasteiger partial charge in [-0.3, -0.25) is 39.4 Å². The fourth-order valence-electron chi connectivity index (χ4n) is 10.3. The van der Waals surface area contributed by atoms with Crippen molar-refractivity contribution in [3.8, 4) is 0 Å². The van der Waals surface area contributed by atoms with E-state index in [1.54, 1.807) is 6.07 Å². The maximum Gasteiger partial charge on any atom is 0.258 e. The molecule has 66 heavy (non-hydrogen) atoms. The standard InChI is InChI=1S/C49H52F3N9O5/c50-33-20-30(21-34(51)24-33)19-29-1-4-42-40(22-29)46(57-56-42)55-47(63)38-3-2-37(25-43(38)53-35-9-17-66-18-10-35)60-15-13-59(14-16-60)36-7-11-58(12-8-36)27-32-23-31-28-61(49(65)39(31)26-41(32)52)44-5-6-45(62)54-48(44)64/h1-4,20-26,35-36,44,53H,5-19,27-28H2,(H,54,62,64)(H2,55,56,57,63). The monoisotopic (exact) mass is 903 g/mol. The van der Waals surface area contributed by atoms with Crippen molar-refractivity contribution in [2.45, 2.75) is 76.2 Å². The Balaban J connectivity index is 0.760. The maximum atomic E-state index is 15.4. The van der Waals surface area contributed by atoms with Gasteiger partial charge in [-0.25, -0.2) is 13.2 Å². The Labute approximate surface area is 379 Å². The van der Waals surface area contributed by atoms with Crippen LogP contribution in [0.1, 0.15) is 81.5 Å². The van der Waals surface area contributed by atoms with E-state index in [4.69, 9.17) is 4.74 Å². The fraction of sp³-hybridized carbons (Fsp3) is 0.408. The lowest BCUT2D eigenvalue weighted by Crippen LogP contribution is -2.53. The van der Waals surface area contributed by atoms with Crippen molar-refractivity contribution in [1.29, 1.82) is 0 Å². The van der Waals surface area contributed by atoms with Gasteiger partial charge in [0, 0.05) is 105 Å². The number of carbonyl (C=O) groups is 4. The Bertz CT molecular complexity index is 2670. The summed E-state index contributed by atoms with van der Waals surface area (Å²) in [5, 5.41) is 17.0. The third kappa shape index (κ3) is 9.24. The topological polar surface area (TPSA) is 155 Å². The molecule has 1 atom stereocenters. The number of fused-ring (bicyclic) bond motifs is 2. The molecule has 4 saturated heterocycles. The summed E-state index contributed by atoms with van der Waals surface area (Å²) in [5.74, 6) is -2.86. The summed E-state index contributed by atoms with van der Waals surface area (Å²) in [5.41, 5.74) is 5.80. The minimum atomic E-state index is -0.740. The lowest BCUT2D eigenvalue weighted by atomic mass is 10.00. The lowest BCUT2D eigenvalue weighted by Gasteiger charge is -2.43. The molecule has 0 aliphatic carbocycles. The van der Waals surface area contributed by atoms with Crippen molar-refractivity contribution < 1.29 is 37.1 Å². The molecule has 4 amide bonds. The van der Waals surface area contributed by atoms with Crippen LogP contribution in [-0.4, -0.2) is 119 Å². The first-order valence-corrected chi connectivity index (χ1v) is 22.9. The smallest absolute Gasteiger partial charge is 0.258 e. The van der Waals surface area contributed by atoms with Gasteiger partial charge >= 0.3 is 0 Å². The number of anilines is 3. The van der Waals surface area contributed by atoms with Gasteiger partial charge in [0.25, 0.3) is 11.8 Å². The van der Waals surface area contributed by atoms with Crippen LogP contribution in [0.5, 0.6) is 0 Å². The normalized spacial score (nSPS) is 20.2. The van der Waals surface area contributed by atoms with Crippen molar-refractivity contribution in [2.75, 3.05) is 68.0 Å². The molecular formula is C49H52F3N9O5. The van der Waals surface area contributed by atoms with Crippen LogP contribution in [0.25, 0.3) is 10.9 Å². The number of piperazine rings is 1. The average Bonchev–Trinajstić information content (AvgIpc) is 3.85. The summed E-state index contributed by atoms with van der Waals surface area (Å²) in [7, 11) is 0. The minimum Gasteiger partial charge on any atom is -0.381 e. The SMILES string of the molecule is O=C1CCC(N2Cc3cc(CN4CCC(N5CCN(c6ccc(C(=O)Nc7n[nH]c8ccc(Cc9cc(F)cc(F)c9)cc78)c(NC7CCOCC7)c6)CC5)CC4)c(F)cc3C2=O)C(=O)N1. The molecule has 0 spiro atoms. The summed E-state index contributed by atoms with van der Waals surface area (Å²) < 4.78 is 48.9. The van der Waals surface area contributed by atoms with Gasteiger partial charge in [-0.05, 0) is 123 Å². The van der Waals surface area contributed by atoms with E-state index in [0.717, 1.165) is 88.0 Å². The Morgan fingerprint density at radius 3 is 2.35 bits per heavy atom. The van der Waals surface area contributed by atoms with E-state index in [9.17, 15) is 28.0 Å². The summed E-state index contributed by atoms with van der Waals surface area (Å²) in [6, 6.07) is 17.9. The number of carbonyl (C=O) groups excluding carboxylic acids is 4. The largest absolute Gasteiger partial charge is 0.381 e. The number of aromatic amines is 1. The van der Waals surface area contributed by atoms with Crippen LogP contribution in [0.4, 0.5) is 30.4 Å². The average molecular weight is 904 g/mol. The van der Waals surface area contributed by atoms with Crippen LogP contribution in [0.3, 0.4) is 0 Å². The fourth-order valence-corrected chi connectivity index (χ4v) is 10.3. The van der Waals surface area contributed by atoms with Gasteiger partial charge < -0.3 is 25.2 Å². The van der Waals surface area contributed by atoms with Gasteiger partial charge in [-0.15, -0.1) is 0 Å². The molecule has 17 heteroatoms. The first-order chi connectivity index (χ1) is 32.0. The number of hydrogen-bond acceptors (Lipinski definition) is 10. The maximum absolute atomic E-state index is 15.4. The molecule has 4 fully saturated rings. The van der Waals surface area contributed by atoms with Crippen LogP contribution in [-0.2, 0) is 33.8 Å². The molecule has 0 saturated carbocycles. The second kappa shape index (κ2) is 18.5. The highest BCUT2D eigenvalue weighted by atomic mass is 19.1. The van der Waals surface area contributed by atoms with Crippen molar-refractivity contribution >= 4 is 51.7 Å². The molecule has 5 aromatic rings. The Hall–Kier alpha value is -6.30. The highest BCUT2D eigenvalue weighted by molar-refractivity contribution is 6.11. The second-order valence-electron chi connectivity index (χ2n) is 18.2. The van der Waals surface area contributed by atoms with Crippen molar-refractivity contribution in [3.63, 3.8) is 0 Å². The van der Waals surface area contributed by atoms with Gasteiger partial charge in [0.2, 0.25) is 11.8 Å². The van der Waals surface area contributed by atoms with E-state index in [0.29, 0.717) is 71.2 Å². The molecule has 0 bridgehead atoms. The molecule has 4 N–H and O–H groups in total. The van der Waals surface area contributed by atoms with E-state index >= 15 is 4.39 Å². The van der Waals surface area contributed by atoms with E-state index in [-0.39, 0.29) is 48.7 Å². The van der Waals surface area contributed by atoms with Gasteiger partial charge in [0.05, 0.1) is 11.1 Å². The summed E-state index contributed by atoms with van der Waals surface area (Å²) >= 11 is 0. The predicted octanol–water partition coefficient (Wildman–Crippen LogP) is 5.96. The molecule has 14 nitrogen and oxygen atoms in total. The van der Waals surface area contributed by atoms with Gasteiger partial charge in [0.1, 0.15) is 23.5 Å². The van der Waals surface area contributed by atoms with Crippen LogP contribution in [0.15, 0.2) is 66.7 Å². The lowest BCUT2D eigenvalue weighted by molar-refractivity contribution is -0.136. The van der Waals surface area contributed by atoms with E-state index in [2.05, 4.69) is 46.9 Å². The van der Waals surface area contributed by atoms with Crippen LogP contribution >= 0.6 is 0 Å². The molecular weight excluding hydrogens is 852 g/mol. The molecule has 344 valence electrons. The van der Waals surface area contributed by atoms with Crippen LogP contribution in [0.2, 0.25) is 0 Å². The Morgan fingerprint density at radius 2 is 1.59 bits per heavy atom. The zero-order valence-corrected chi connectivity index (χ0v) is 36.5. The van der Waals surface area contributed by atoms with Crippen molar-refractivity contribution in [1.82, 2.24) is 30.2 Å². The van der Waals surface area contributed by atoms with Crippen LogP contribution < -0.4 is 20.9 Å². The molecule has 10 rings (SSSR count). The van der Waals surface area contributed by atoms with E-state index in [1.165, 1.54) is 23.1 Å². The zero-order valence-electron chi connectivity index (χ0n) is 36.5. The number of likely N-dealkylation sites (tertiary alicyclic amines) is 1. The number of imide groups is 1. The molecule has 1 aromatic heterocycles. The number of aromatic nitrogens is 2. The number of nitrogens with one attached hydrogen (secondary N) is 4. The summed E-state index contributed by atoms with van der Waals surface area (Å²) in [6.45, 7) is 6.98. The minimum absolute atomic E-state index is 0.142. The number of ether oxygens (including phenoxy) is 1. The number of amides is 4. The Morgan fingerprint density at radius 1 is 0.818 bits per heavy atom.